The van der Waals surface area contributed by atoms with Gasteiger partial charge in [-0.15, -0.1) is 6.58 Å². The van der Waals surface area contributed by atoms with Gasteiger partial charge in [0.2, 0.25) is 0 Å². The van der Waals surface area contributed by atoms with Crippen LogP contribution in [0.25, 0.3) is 11.1 Å². The Morgan fingerprint density at radius 1 is 1.10 bits per heavy atom. The average Bonchev–Trinajstić information content (AvgIpc) is 2.53. The van der Waals surface area contributed by atoms with E-state index in [4.69, 9.17) is 0 Å². The number of nitro groups is 1. The molecule has 0 aromatic heterocycles. The van der Waals surface area contributed by atoms with Gasteiger partial charge in [-0.3, -0.25) is 10.1 Å². The highest BCUT2D eigenvalue weighted by atomic mass is 16.6. The molecule has 0 N–H and O–H groups in total. The number of nitrogens with zero attached hydrogens (tertiary/aromatic N) is 1. The zero-order valence-electron chi connectivity index (χ0n) is 12.0. The smallest absolute Gasteiger partial charge is 0.258 e. The van der Waals surface area contributed by atoms with E-state index in [0.29, 0.717) is 0 Å². The Bertz CT molecular complexity index is 670. The van der Waals surface area contributed by atoms with Gasteiger partial charge in [0.1, 0.15) is 0 Å². The van der Waals surface area contributed by atoms with Crippen molar-refractivity contribution in [2.45, 2.75) is 13.3 Å². The maximum Gasteiger partial charge on any atom is 0.269 e. The summed E-state index contributed by atoms with van der Waals surface area (Å²) >= 11 is 0. The van der Waals surface area contributed by atoms with Gasteiger partial charge in [-0.1, -0.05) is 36.4 Å². The predicted octanol–water partition coefficient (Wildman–Crippen LogP) is 5.10. The van der Waals surface area contributed by atoms with Crippen molar-refractivity contribution in [1.82, 2.24) is 0 Å². The lowest BCUT2D eigenvalue weighted by Gasteiger charge is -2.11. The van der Waals surface area contributed by atoms with E-state index >= 15 is 0 Å². The number of benzene rings is 2. The fraction of sp³-hybridized carbons (Fsp3) is 0.111. The average molecular weight is 279 g/mol. The summed E-state index contributed by atoms with van der Waals surface area (Å²) in [5.41, 5.74) is 4.53. The first kappa shape index (κ1) is 14.7. The van der Waals surface area contributed by atoms with Gasteiger partial charge in [-0.2, -0.15) is 0 Å². The molecule has 2 aromatic carbocycles. The minimum absolute atomic E-state index is 0.108. The van der Waals surface area contributed by atoms with Crippen LogP contribution in [0.15, 0.2) is 67.3 Å². The molecule has 0 spiro atoms. The third-order valence-electron chi connectivity index (χ3n) is 3.43. The molecular weight excluding hydrogens is 262 g/mol. The molecule has 21 heavy (non-hydrogen) atoms. The van der Waals surface area contributed by atoms with Crippen molar-refractivity contribution in [2.24, 2.45) is 0 Å². The second-order valence-electron chi connectivity index (χ2n) is 4.77. The van der Waals surface area contributed by atoms with Gasteiger partial charge < -0.3 is 0 Å². The highest BCUT2D eigenvalue weighted by Crippen LogP contribution is 2.29. The zero-order valence-corrected chi connectivity index (χ0v) is 12.0. The SMILES string of the molecule is C=CC/C(=C(/C)c1ccc([N+](=O)[O-])cc1)c1ccccc1. The van der Waals surface area contributed by atoms with Gasteiger partial charge in [0, 0.05) is 12.1 Å². The molecule has 0 heterocycles. The standard InChI is InChI=1S/C18H17NO2/c1-3-7-18(16-8-5-4-6-9-16)14(2)15-10-12-17(13-11-15)19(20)21/h3-6,8-13H,1,7H2,2H3/b18-14+. The largest absolute Gasteiger partial charge is 0.269 e. The van der Waals surface area contributed by atoms with Crippen LogP contribution in [0.1, 0.15) is 24.5 Å². The van der Waals surface area contributed by atoms with Gasteiger partial charge in [0.05, 0.1) is 4.92 Å². The van der Waals surface area contributed by atoms with Crippen LogP contribution in [-0.2, 0) is 0 Å². The summed E-state index contributed by atoms with van der Waals surface area (Å²) in [5.74, 6) is 0. The highest BCUT2D eigenvalue weighted by molar-refractivity contribution is 5.90. The molecule has 0 aliphatic heterocycles. The summed E-state index contributed by atoms with van der Waals surface area (Å²) in [5, 5.41) is 10.7. The molecule has 2 aromatic rings. The van der Waals surface area contributed by atoms with Crippen molar-refractivity contribution in [2.75, 3.05) is 0 Å². The van der Waals surface area contributed by atoms with E-state index < -0.39 is 0 Å². The van der Waals surface area contributed by atoms with Crippen LogP contribution >= 0.6 is 0 Å². The minimum atomic E-state index is -0.384. The Hall–Kier alpha value is -2.68. The van der Waals surface area contributed by atoms with Gasteiger partial charge in [0.15, 0.2) is 0 Å². The topological polar surface area (TPSA) is 43.1 Å². The zero-order chi connectivity index (χ0) is 15.2. The molecule has 0 bridgehead atoms. The third kappa shape index (κ3) is 3.45. The number of allylic oxidation sites excluding steroid dienone is 3. The normalized spacial score (nSPS) is 11.7. The van der Waals surface area contributed by atoms with E-state index in [2.05, 4.69) is 18.7 Å². The Morgan fingerprint density at radius 3 is 2.24 bits per heavy atom. The maximum atomic E-state index is 10.7. The summed E-state index contributed by atoms with van der Waals surface area (Å²) in [6.07, 6.45) is 2.63. The monoisotopic (exact) mass is 279 g/mol. The highest BCUT2D eigenvalue weighted by Gasteiger charge is 2.09. The van der Waals surface area contributed by atoms with Crippen molar-refractivity contribution in [1.29, 1.82) is 0 Å². The van der Waals surface area contributed by atoms with Crippen LogP contribution in [0.3, 0.4) is 0 Å². The van der Waals surface area contributed by atoms with Gasteiger partial charge in [0.25, 0.3) is 5.69 Å². The molecule has 2 rings (SSSR count). The van der Waals surface area contributed by atoms with E-state index in [1.54, 1.807) is 12.1 Å². The van der Waals surface area contributed by atoms with Gasteiger partial charge in [-0.25, -0.2) is 0 Å². The number of hydrogen-bond donors (Lipinski definition) is 0. The van der Waals surface area contributed by atoms with Crippen LogP contribution in [0.5, 0.6) is 0 Å². The Kier molecular flexibility index (Phi) is 4.67. The quantitative estimate of drug-likeness (QED) is 0.330. The van der Waals surface area contributed by atoms with E-state index in [0.717, 1.165) is 23.1 Å². The van der Waals surface area contributed by atoms with Gasteiger partial charge in [-0.05, 0) is 47.8 Å². The number of non-ortho nitro benzene ring substituents is 1. The lowest BCUT2D eigenvalue weighted by atomic mass is 9.93. The number of hydrogen-bond acceptors (Lipinski definition) is 2. The fourth-order valence-electron chi connectivity index (χ4n) is 2.28. The summed E-state index contributed by atoms with van der Waals surface area (Å²) in [7, 11) is 0. The third-order valence-corrected chi connectivity index (χ3v) is 3.43. The van der Waals surface area contributed by atoms with Crippen LogP contribution in [0, 0.1) is 10.1 Å². The van der Waals surface area contributed by atoms with E-state index in [1.807, 2.05) is 31.2 Å². The lowest BCUT2D eigenvalue weighted by molar-refractivity contribution is -0.384. The molecule has 0 saturated carbocycles. The molecule has 3 nitrogen and oxygen atoms in total. The van der Waals surface area contributed by atoms with E-state index in [-0.39, 0.29) is 10.6 Å². The minimum Gasteiger partial charge on any atom is -0.258 e. The molecular formula is C18H17NO2. The maximum absolute atomic E-state index is 10.7. The molecule has 0 unspecified atom stereocenters. The van der Waals surface area contributed by atoms with Crippen LogP contribution in [0.2, 0.25) is 0 Å². The van der Waals surface area contributed by atoms with Crippen molar-refractivity contribution < 1.29 is 4.92 Å². The molecule has 0 aliphatic carbocycles. The second kappa shape index (κ2) is 6.66. The van der Waals surface area contributed by atoms with Crippen molar-refractivity contribution in [3.05, 3.63) is 88.5 Å². The first-order valence-electron chi connectivity index (χ1n) is 6.74. The summed E-state index contributed by atoms with van der Waals surface area (Å²) in [6.45, 7) is 5.85. The first-order valence-corrected chi connectivity index (χ1v) is 6.74. The molecule has 0 atom stereocenters. The molecule has 3 heteroatoms. The number of rotatable bonds is 5. The Morgan fingerprint density at radius 2 is 1.71 bits per heavy atom. The molecule has 106 valence electrons. The van der Waals surface area contributed by atoms with Gasteiger partial charge >= 0.3 is 0 Å². The Labute approximate surface area is 124 Å². The van der Waals surface area contributed by atoms with Crippen molar-refractivity contribution >= 4 is 16.8 Å². The molecule has 0 amide bonds. The second-order valence-corrected chi connectivity index (χ2v) is 4.77. The first-order chi connectivity index (χ1) is 10.1. The molecule has 0 fully saturated rings. The van der Waals surface area contributed by atoms with Crippen LogP contribution < -0.4 is 0 Å². The van der Waals surface area contributed by atoms with Crippen LogP contribution in [0.4, 0.5) is 5.69 Å². The lowest BCUT2D eigenvalue weighted by Crippen LogP contribution is -1.91. The van der Waals surface area contributed by atoms with Crippen molar-refractivity contribution in [3.8, 4) is 0 Å². The molecule has 0 saturated heterocycles. The predicted molar refractivity (Wildman–Crippen MR) is 86.8 cm³/mol. The molecule has 0 radical (unpaired) electrons. The van der Waals surface area contributed by atoms with E-state index in [1.165, 1.54) is 17.7 Å². The molecule has 0 aliphatic rings. The van der Waals surface area contributed by atoms with Crippen LogP contribution in [-0.4, -0.2) is 4.92 Å². The van der Waals surface area contributed by atoms with E-state index in [9.17, 15) is 10.1 Å². The number of nitro benzene ring substituents is 1. The summed E-state index contributed by atoms with van der Waals surface area (Å²) < 4.78 is 0. The Balaban J connectivity index is 2.46. The van der Waals surface area contributed by atoms with Crippen molar-refractivity contribution in [3.63, 3.8) is 0 Å². The fourth-order valence-corrected chi connectivity index (χ4v) is 2.28. The summed E-state index contributed by atoms with van der Waals surface area (Å²) in [4.78, 5) is 10.3. The summed E-state index contributed by atoms with van der Waals surface area (Å²) in [6, 6.07) is 16.8.